The van der Waals surface area contributed by atoms with E-state index in [1.165, 1.54) is 17.4 Å². The first kappa shape index (κ1) is 14.9. The molecule has 0 bridgehead atoms. The maximum absolute atomic E-state index is 13.1. The third kappa shape index (κ3) is 3.32. The Bertz CT molecular complexity index is 564. The summed E-state index contributed by atoms with van der Waals surface area (Å²) in [5.41, 5.74) is 6.42. The van der Waals surface area contributed by atoms with Gasteiger partial charge < -0.3 is 10.6 Å². The van der Waals surface area contributed by atoms with Gasteiger partial charge in [0.15, 0.2) is 0 Å². The Morgan fingerprint density at radius 2 is 1.95 bits per heavy atom. The number of rotatable bonds is 4. The Hall–Kier alpha value is -1.53. The molecule has 6 heteroatoms. The number of hydrogen-bond acceptors (Lipinski definition) is 3. The molecule has 0 spiro atoms. The highest BCUT2D eigenvalue weighted by atomic mass is 32.1. The molecule has 1 aromatic heterocycles. The van der Waals surface area contributed by atoms with E-state index in [1.54, 1.807) is 18.0 Å². The van der Waals surface area contributed by atoms with Crippen LogP contribution < -0.4 is 10.6 Å². The van der Waals surface area contributed by atoms with E-state index in [1.807, 2.05) is 16.8 Å². The van der Waals surface area contributed by atoms with Crippen molar-refractivity contribution in [1.29, 1.82) is 0 Å². The van der Waals surface area contributed by atoms with Crippen molar-refractivity contribution in [1.82, 2.24) is 0 Å². The van der Waals surface area contributed by atoms with E-state index in [0.717, 1.165) is 11.6 Å². The van der Waals surface area contributed by atoms with Gasteiger partial charge in [0.2, 0.25) is 0 Å². The molecule has 2 aromatic rings. The van der Waals surface area contributed by atoms with Crippen LogP contribution >= 0.6 is 11.3 Å². The van der Waals surface area contributed by atoms with Gasteiger partial charge in [-0.05, 0) is 40.1 Å². The minimum atomic E-state index is -4.39. The van der Waals surface area contributed by atoms with Crippen LogP contribution in [0.5, 0.6) is 0 Å². The predicted octanol–water partition coefficient (Wildman–Crippen LogP) is 3.86. The van der Waals surface area contributed by atoms with Gasteiger partial charge in [-0.2, -0.15) is 24.5 Å². The molecule has 20 heavy (non-hydrogen) atoms. The summed E-state index contributed by atoms with van der Waals surface area (Å²) in [6.45, 7) is 0.534. The van der Waals surface area contributed by atoms with E-state index >= 15 is 0 Å². The smallest absolute Gasteiger partial charge is 0.370 e. The third-order valence-electron chi connectivity index (χ3n) is 3.01. The van der Waals surface area contributed by atoms with Crippen LogP contribution in [-0.4, -0.2) is 7.05 Å². The van der Waals surface area contributed by atoms with Crippen LogP contribution in [0, 0.1) is 0 Å². The van der Waals surface area contributed by atoms with Crippen molar-refractivity contribution in [3.63, 3.8) is 0 Å². The van der Waals surface area contributed by atoms with Gasteiger partial charge in [-0.3, -0.25) is 0 Å². The average molecular weight is 300 g/mol. The highest BCUT2D eigenvalue weighted by molar-refractivity contribution is 7.07. The first-order chi connectivity index (χ1) is 9.41. The molecule has 0 aliphatic carbocycles. The second-order valence-corrected chi connectivity index (χ2v) is 5.32. The van der Waals surface area contributed by atoms with Gasteiger partial charge >= 0.3 is 6.18 Å². The molecule has 0 unspecified atom stereocenters. The summed E-state index contributed by atoms with van der Waals surface area (Å²) in [7, 11) is 1.66. The summed E-state index contributed by atoms with van der Waals surface area (Å²) >= 11 is 1.53. The molecule has 2 N–H and O–H groups in total. The van der Waals surface area contributed by atoms with E-state index in [9.17, 15) is 13.2 Å². The summed E-state index contributed by atoms with van der Waals surface area (Å²) in [6.07, 6.45) is -4.39. The summed E-state index contributed by atoms with van der Waals surface area (Å²) < 4.78 is 39.4. The number of halogens is 3. The fourth-order valence-corrected chi connectivity index (χ4v) is 2.67. The van der Waals surface area contributed by atoms with Crippen LogP contribution in [0.15, 0.2) is 35.0 Å². The van der Waals surface area contributed by atoms with E-state index in [4.69, 9.17) is 5.73 Å². The van der Waals surface area contributed by atoms with Gasteiger partial charge in [-0.25, -0.2) is 0 Å². The zero-order chi connectivity index (χ0) is 14.8. The van der Waals surface area contributed by atoms with Gasteiger partial charge in [-0.15, -0.1) is 0 Å². The summed E-state index contributed by atoms with van der Waals surface area (Å²) in [5, 5.41) is 3.84. The Kier molecular flexibility index (Phi) is 4.35. The highest BCUT2D eigenvalue weighted by Crippen LogP contribution is 2.37. The molecule has 0 fully saturated rings. The molecular weight excluding hydrogens is 285 g/mol. The van der Waals surface area contributed by atoms with Gasteiger partial charge in [0.25, 0.3) is 0 Å². The average Bonchev–Trinajstić information content (AvgIpc) is 2.89. The minimum absolute atomic E-state index is 0.0948. The number of alkyl halides is 3. The zero-order valence-corrected chi connectivity index (χ0v) is 11.8. The Balaban J connectivity index is 2.34. The van der Waals surface area contributed by atoms with Crippen LogP contribution in [0.2, 0.25) is 0 Å². The van der Waals surface area contributed by atoms with Gasteiger partial charge in [0.05, 0.1) is 5.56 Å². The first-order valence-corrected chi connectivity index (χ1v) is 6.98. The summed E-state index contributed by atoms with van der Waals surface area (Å²) in [5.74, 6) is 0. The lowest BCUT2D eigenvalue weighted by Gasteiger charge is -2.23. The van der Waals surface area contributed by atoms with Crippen molar-refractivity contribution in [3.05, 3.63) is 51.7 Å². The van der Waals surface area contributed by atoms with Crippen molar-refractivity contribution in [2.24, 2.45) is 5.73 Å². The minimum Gasteiger partial charge on any atom is -0.370 e. The second-order valence-electron chi connectivity index (χ2n) is 4.54. The van der Waals surface area contributed by atoms with E-state index in [-0.39, 0.29) is 12.2 Å². The van der Waals surface area contributed by atoms with Crippen molar-refractivity contribution < 1.29 is 13.2 Å². The lowest BCUT2D eigenvalue weighted by Crippen LogP contribution is -2.21. The molecule has 0 aliphatic rings. The molecule has 108 valence electrons. The number of nitrogens with two attached hydrogens (primary N) is 1. The fraction of sp³-hybridized carbons (Fsp3) is 0.286. The summed E-state index contributed by atoms with van der Waals surface area (Å²) in [4.78, 5) is 1.60. The number of hydrogen-bond donors (Lipinski definition) is 1. The maximum Gasteiger partial charge on any atom is 0.418 e. The number of nitrogens with zero attached hydrogens (tertiary/aromatic N) is 1. The van der Waals surface area contributed by atoms with Gasteiger partial charge in [0, 0.05) is 25.8 Å². The van der Waals surface area contributed by atoms with Crippen LogP contribution in [0.4, 0.5) is 18.9 Å². The van der Waals surface area contributed by atoms with Crippen molar-refractivity contribution in [3.8, 4) is 0 Å². The van der Waals surface area contributed by atoms with E-state index < -0.39 is 11.7 Å². The third-order valence-corrected chi connectivity index (χ3v) is 3.75. The molecule has 1 heterocycles. The first-order valence-electron chi connectivity index (χ1n) is 6.04. The van der Waals surface area contributed by atoms with Gasteiger partial charge in [-0.1, -0.05) is 6.07 Å². The van der Waals surface area contributed by atoms with Crippen LogP contribution in [0.3, 0.4) is 0 Å². The SMILES string of the molecule is CN(Cc1ccsc1)c1ccc(CN)cc1C(F)(F)F. The Morgan fingerprint density at radius 1 is 1.20 bits per heavy atom. The van der Waals surface area contributed by atoms with Crippen molar-refractivity contribution >= 4 is 17.0 Å². The Morgan fingerprint density at radius 3 is 2.50 bits per heavy atom. The molecule has 2 rings (SSSR count). The number of anilines is 1. The van der Waals surface area contributed by atoms with Crippen molar-refractivity contribution in [2.45, 2.75) is 19.3 Å². The molecule has 1 aromatic carbocycles. The molecule has 0 saturated carbocycles. The lowest BCUT2D eigenvalue weighted by molar-refractivity contribution is -0.137. The number of thiophene rings is 1. The standard InChI is InChI=1S/C14H15F3N2S/c1-19(8-11-4-5-20-9-11)13-3-2-10(7-18)6-12(13)14(15,16)17/h2-6,9H,7-8,18H2,1H3. The molecule has 0 aliphatic heterocycles. The molecular formula is C14H15F3N2S. The topological polar surface area (TPSA) is 29.3 Å². The molecule has 2 nitrogen and oxygen atoms in total. The monoisotopic (exact) mass is 300 g/mol. The van der Waals surface area contributed by atoms with E-state index in [2.05, 4.69) is 0 Å². The lowest BCUT2D eigenvalue weighted by atomic mass is 10.1. The zero-order valence-electron chi connectivity index (χ0n) is 10.9. The maximum atomic E-state index is 13.1. The molecule has 0 amide bonds. The summed E-state index contributed by atoms with van der Waals surface area (Å²) in [6, 6.07) is 6.15. The quantitative estimate of drug-likeness (QED) is 0.929. The fourth-order valence-electron chi connectivity index (χ4n) is 2.01. The second kappa shape index (κ2) is 5.85. The normalized spacial score (nSPS) is 11.7. The molecule has 0 atom stereocenters. The van der Waals surface area contributed by atoms with Gasteiger partial charge in [0.1, 0.15) is 0 Å². The molecule has 0 radical (unpaired) electrons. The predicted molar refractivity (Wildman–Crippen MR) is 75.8 cm³/mol. The highest BCUT2D eigenvalue weighted by Gasteiger charge is 2.34. The van der Waals surface area contributed by atoms with E-state index in [0.29, 0.717) is 12.1 Å². The number of benzene rings is 1. The largest absolute Gasteiger partial charge is 0.418 e. The van der Waals surface area contributed by atoms with Crippen LogP contribution in [0.1, 0.15) is 16.7 Å². The van der Waals surface area contributed by atoms with Crippen LogP contribution in [0.25, 0.3) is 0 Å². The Labute approximate surface area is 119 Å². The van der Waals surface area contributed by atoms with Crippen LogP contribution in [-0.2, 0) is 19.3 Å². The van der Waals surface area contributed by atoms with Crippen molar-refractivity contribution in [2.75, 3.05) is 11.9 Å². The molecule has 0 saturated heterocycles.